The first kappa shape index (κ1) is 14.8. The highest BCUT2D eigenvalue weighted by atomic mass is 16.5. The average Bonchev–Trinajstić information content (AvgIpc) is 2.44. The van der Waals surface area contributed by atoms with E-state index in [0.29, 0.717) is 19.4 Å². The van der Waals surface area contributed by atoms with E-state index in [1.165, 1.54) is 4.57 Å². The highest BCUT2D eigenvalue weighted by molar-refractivity contribution is 5.22. The number of hydrogen-bond acceptors (Lipinski definition) is 4. The molecule has 1 saturated heterocycles. The van der Waals surface area contributed by atoms with Crippen molar-refractivity contribution in [2.75, 3.05) is 6.61 Å². The van der Waals surface area contributed by atoms with Crippen LogP contribution >= 0.6 is 0 Å². The fourth-order valence-electron chi connectivity index (χ4n) is 2.59. The van der Waals surface area contributed by atoms with E-state index >= 15 is 0 Å². The number of H-pyrrole nitrogens is 1. The molecular formula is C14H22N2O4. The van der Waals surface area contributed by atoms with Gasteiger partial charge in [0, 0.05) is 13.2 Å². The van der Waals surface area contributed by atoms with Gasteiger partial charge in [0.1, 0.15) is 0 Å². The first-order valence-electron chi connectivity index (χ1n) is 7.30. The predicted octanol–water partition coefficient (Wildman–Crippen LogP) is 1.15. The fraction of sp³-hybridized carbons (Fsp3) is 0.714. The Bertz CT molecular complexity index is 555. The van der Waals surface area contributed by atoms with E-state index in [1.807, 2.05) is 6.92 Å². The zero-order valence-corrected chi connectivity index (χ0v) is 11.9. The summed E-state index contributed by atoms with van der Waals surface area (Å²) in [6, 6.07) is 0. The molecule has 1 aromatic heterocycles. The van der Waals surface area contributed by atoms with E-state index in [2.05, 4.69) is 4.98 Å². The number of aromatic nitrogens is 2. The zero-order chi connectivity index (χ0) is 14.5. The zero-order valence-electron chi connectivity index (χ0n) is 11.9. The Hall–Kier alpha value is -1.56. The second-order valence-corrected chi connectivity index (χ2v) is 5.24. The number of aromatic amines is 1. The highest BCUT2D eigenvalue weighted by Gasteiger charge is 2.17. The monoisotopic (exact) mass is 282 g/mol. The summed E-state index contributed by atoms with van der Waals surface area (Å²) in [6.45, 7) is 3.05. The molecule has 0 bridgehead atoms. The Labute approximate surface area is 117 Å². The Morgan fingerprint density at radius 3 is 2.85 bits per heavy atom. The number of nitrogens with zero attached hydrogens (tertiary/aromatic N) is 1. The van der Waals surface area contributed by atoms with E-state index in [0.717, 1.165) is 32.3 Å². The molecule has 0 amide bonds. The molecule has 2 N–H and O–H groups in total. The van der Waals surface area contributed by atoms with Crippen LogP contribution in [-0.2, 0) is 17.7 Å². The van der Waals surface area contributed by atoms with Crippen molar-refractivity contribution in [2.45, 2.75) is 58.1 Å². The molecule has 0 saturated carbocycles. The summed E-state index contributed by atoms with van der Waals surface area (Å²) in [6.07, 6.45) is 5.21. The predicted molar refractivity (Wildman–Crippen MR) is 75.2 cm³/mol. The Balaban J connectivity index is 2.16. The van der Waals surface area contributed by atoms with Gasteiger partial charge in [-0.1, -0.05) is 13.3 Å². The molecule has 0 spiro atoms. The SMILES string of the molecule is CCCc1c(O)n(CCC2CCCCO2)c(=O)[nH]c1=O. The van der Waals surface area contributed by atoms with Crippen LogP contribution in [0, 0.1) is 0 Å². The quantitative estimate of drug-likeness (QED) is 0.848. The van der Waals surface area contributed by atoms with Gasteiger partial charge in [0.25, 0.3) is 5.56 Å². The van der Waals surface area contributed by atoms with E-state index in [4.69, 9.17) is 4.74 Å². The summed E-state index contributed by atoms with van der Waals surface area (Å²) in [5, 5.41) is 10.1. The molecule has 6 heteroatoms. The van der Waals surface area contributed by atoms with Gasteiger partial charge >= 0.3 is 5.69 Å². The van der Waals surface area contributed by atoms with Gasteiger partial charge in [-0.15, -0.1) is 0 Å². The van der Waals surface area contributed by atoms with E-state index in [-0.39, 0.29) is 17.5 Å². The Morgan fingerprint density at radius 2 is 2.20 bits per heavy atom. The molecule has 2 rings (SSSR count). The van der Waals surface area contributed by atoms with Crippen LogP contribution < -0.4 is 11.2 Å². The van der Waals surface area contributed by atoms with Gasteiger partial charge in [0.2, 0.25) is 5.88 Å². The minimum atomic E-state index is -0.553. The van der Waals surface area contributed by atoms with Crippen LogP contribution in [0.3, 0.4) is 0 Å². The number of aromatic hydroxyl groups is 1. The van der Waals surface area contributed by atoms with Gasteiger partial charge in [-0.3, -0.25) is 14.3 Å². The van der Waals surface area contributed by atoms with Gasteiger partial charge in [-0.2, -0.15) is 0 Å². The van der Waals surface area contributed by atoms with Crippen LogP contribution in [0.5, 0.6) is 5.88 Å². The lowest BCUT2D eigenvalue weighted by molar-refractivity contribution is 0.00830. The van der Waals surface area contributed by atoms with Crippen molar-refractivity contribution in [2.24, 2.45) is 0 Å². The van der Waals surface area contributed by atoms with Crippen LogP contribution in [-0.4, -0.2) is 27.4 Å². The van der Waals surface area contributed by atoms with Crippen LogP contribution in [0.2, 0.25) is 0 Å². The highest BCUT2D eigenvalue weighted by Crippen LogP contribution is 2.18. The third-order valence-electron chi connectivity index (χ3n) is 3.71. The van der Waals surface area contributed by atoms with Gasteiger partial charge in [0.05, 0.1) is 11.7 Å². The first-order chi connectivity index (χ1) is 9.63. The van der Waals surface area contributed by atoms with Crippen molar-refractivity contribution in [3.05, 3.63) is 26.4 Å². The minimum absolute atomic E-state index is 0.136. The van der Waals surface area contributed by atoms with Crippen LogP contribution in [0.25, 0.3) is 0 Å². The van der Waals surface area contributed by atoms with E-state index in [9.17, 15) is 14.7 Å². The van der Waals surface area contributed by atoms with Gasteiger partial charge in [0.15, 0.2) is 0 Å². The third kappa shape index (κ3) is 3.30. The fourth-order valence-corrected chi connectivity index (χ4v) is 2.59. The summed E-state index contributed by atoms with van der Waals surface area (Å²) in [5.74, 6) is -0.198. The summed E-state index contributed by atoms with van der Waals surface area (Å²) in [4.78, 5) is 25.7. The van der Waals surface area contributed by atoms with Gasteiger partial charge < -0.3 is 9.84 Å². The average molecular weight is 282 g/mol. The normalized spacial score (nSPS) is 19.1. The maximum Gasteiger partial charge on any atom is 0.331 e. The van der Waals surface area contributed by atoms with E-state index < -0.39 is 11.2 Å². The Kier molecular flexibility index (Phi) is 5.00. The molecule has 2 heterocycles. The van der Waals surface area contributed by atoms with Crippen LogP contribution in [0.15, 0.2) is 9.59 Å². The second-order valence-electron chi connectivity index (χ2n) is 5.24. The molecule has 1 aliphatic rings. The number of rotatable bonds is 5. The van der Waals surface area contributed by atoms with Crippen molar-refractivity contribution in [3.8, 4) is 5.88 Å². The summed E-state index contributed by atoms with van der Waals surface area (Å²) < 4.78 is 6.85. The van der Waals surface area contributed by atoms with Crippen LogP contribution in [0.4, 0.5) is 0 Å². The number of hydrogen-bond donors (Lipinski definition) is 2. The molecule has 6 nitrogen and oxygen atoms in total. The summed E-state index contributed by atoms with van der Waals surface area (Å²) >= 11 is 0. The maximum atomic E-state index is 11.8. The van der Waals surface area contributed by atoms with Crippen molar-refractivity contribution in [1.82, 2.24) is 9.55 Å². The molecule has 1 fully saturated rings. The summed E-state index contributed by atoms with van der Waals surface area (Å²) in [7, 11) is 0. The smallest absolute Gasteiger partial charge is 0.331 e. The Morgan fingerprint density at radius 1 is 1.40 bits per heavy atom. The van der Waals surface area contributed by atoms with Crippen molar-refractivity contribution in [3.63, 3.8) is 0 Å². The molecular weight excluding hydrogens is 260 g/mol. The first-order valence-corrected chi connectivity index (χ1v) is 7.30. The molecule has 0 radical (unpaired) electrons. The lowest BCUT2D eigenvalue weighted by Gasteiger charge is -2.23. The standard InChI is InChI=1S/C14H22N2O4/c1-2-5-11-12(17)15-14(19)16(13(11)18)8-7-10-6-3-4-9-20-10/h10,18H,2-9H2,1H3,(H,15,17,19). The van der Waals surface area contributed by atoms with Crippen molar-refractivity contribution >= 4 is 0 Å². The van der Waals surface area contributed by atoms with Crippen molar-refractivity contribution < 1.29 is 9.84 Å². The second kappa shape index (κ2) is 6.74. The molecule has 1 unspecified atom stereocenters. The largest absolute Gasteiger partial charge is 0.494 e. The van der Waals surface area contributed by atoms with Crippen LogP contribution in [0.1, 0.15) is 44.6 Å². The minimum Gasteiger partial charge on any atom is -0.494 e. The molecule has 0 aromatic carbocycles. The summed E-state index contributed by atoms with van der Waals surface area (Å²) in [5.41, 5.74) is -0.751. The van der Waals surface area contributed by atoms with Gasteiger partial charge in [-0.25, -0.2) is 4.79 Å². The molecule has 20 heavy (non-hydrogen) atoms. The lowest BCUT2D eigenvalue weighted by atomic mass is 10.1. The lowest BCUT2D eigenvalue weighted by Crippen LogP contribution is -2.33. The molecule has 112 valence electrons. The number of ether oxygens (including phenoxy) is 1. The third-order valence-corrected chi connectivity index (χ3v) is 3.71. The maximum absolute atomic E-state index is 11.8. The van der Waals surface area contributed by atoms with Crippen molar-refractivity contribution in [1.29, 1.82) is 0 Å². The van der Waals surface area contributed by atoms with Gasteiger partial charge in [-0.05, 0) is 32.1 Å². The topological polar surface area (TPSA) is 84.3 Å². The molecule has 1 aliphatic heterocycles. The number of nitrogens with one attached hydrogen (secondary N) is 1. The molecule has 0 aliphatic carbocycles. The molecule has 1 atom stereocenters. The molecule has 1 aromatic rings. The van der Waals surface area contributed by atoms with E-state index in [1.54, 1.807) is 0 Å².